The molecule has 0 atom stereocenters. The monoisotopic (exact) mass is 264 g/mol. The zero-order valence-electron chi connectivity index (χ0n) is 12.8. The average Bonchev–Trinajstić information content (AvgIpc) is 2.37. The lowest BCUT2D eigenvalue weighted by Gasteiger charge is -2.23. The van der Waals surface area contributed by atoms with Crippen LogP contribution in [0.5, 0.6) is 0 Å². The third-order valence-electron chi connectivity index (χ3n) is 3.01. The molecule has 4 nitrogen and oxygen atoms in total. The minimum Gasteiger partial charge on any atom is -0.314 e. The normalized spacial score (nSPS) is 11.5. The molecule has 0 fully saturated rings. The van der Waals surface area contributed by atoms with E-state index in [9.17, 15) is 0 Å². The van der Waals surface area contributed by atoms with Crippen LogP contribution in [0, 0.1) is 0 Å². The van der Waals surface area contributed by atoms with Gasteiger partial charge in [-0.1, -0.05) is 13.0 Å². The first-order valence-corrected chi connectivity index (χ1v) is 7.12. The molecule has 1 aromatic rings. The Balaban J connectivity index is 2.59. The van der Waals surface area contributed by atoms with Crippen molar-refractivity contribution in [2.75, 3.05) is 40.8 Å². The molecule has 0 aliphatic heterocycles. The van der Waals surface area contributed by atoms with Gasteiger partial charge in [0.05, 0.1) is 11.4 Å². The minimum atomic E-state index is 0.833. The summed E-state index contributed by atoms with van der Waals surface area (Å²) in [5.74, 6) is 0. The number of pyridine rings is 1. The van der Waals surface area contributed by atoms with Gasteiger partial charge in [0.25, 0.3) is 0 Å². The van der Waals surface area contributed by atoms with Crippen molar-refractivity contribution in [2.45, 2.75) is 26.4 Å². The van der Waals surface area contributed by atoms with Crippen LogP contribution in [0.15, 0.2) is 18.2 Å². The van der Waals surface area contributed by atoms with E-state index in [4.69, 9.17) is 4.98 Å². The molecule has 0 aromatic carbocycles. The first kappa shape index (κ1) is 16.1. The Kier molecular flexibility index (Phi) is 7.63. The SMILES string of the molecule is CCCN(CCN(C)C)Cc1cccc(CNC)n1. The van der Waals surface area contributed by atoms with Crippen molar-refractivity contribution in [1.29, 1.82) is 0 Å². The summed E-state index contributed by atoms with van der Waals surface area (Å²) in [7, 11) is 6.20. The van der Waals surface area contributed by atoms with Crippen LogP contribution in [0.2, 0.25) is 0 Å². The fourth-order valence-corrected chi connectivity index (χ4v) is 2.05. The molecule has 19 heavy (non-hydrogen) atoms. The number of likely N-dealkylation sites (N-methyl/N-ethyl adjacent to an activating group) is 1. The molecule has 0 saturated heterocycles. The quantitative estimate of drug-likeness (QED) is 0.734. The van der Waals surface area contributed by atoms with Gasteiger partial charge in [0, 0.05) is 26.2 Å². The van der Waals surface area contributed by atoms with Crippen LogP contribution < -0.4 is 5.32 Å². The lowest BCUT2D eigenvalue weighted by Crippen LogP contribution is -2.32. The van der Waals surface area contributed by atoms with E-state index in [0.717, 1.165) is 38.4 Å². The second-order valence-corrected chi connectivity index (χ2v) is 5.23. The molecule has 1 rings (SSSR count). The molecule has 1 aromatic heterocycles. The number of aromatic nitrogens is 1. The highest BCUT2D eigenvalue weighted by Crippen LogP contribution is 2.05. The van der Waals surface area contributed by atoms with Gasteiger partial charge >= 0.3 is 0 Å². The van der Waals surface area contributed by atoms with E-state index in [0.29, 0.717) is 0 Å². The third-order valence-corrected chi connectivity index (χ3v) is 3.01. The van der Waals surface area contributed by atoms with Crippen LogP contribution in [0.25, 0.3) is 0 Å². The van der Waals surface area contributed by atoms with Crippen molar-refractivity contribution >= 4 is 0 Å². The van der Waals surface area contributed by atoms with E-state index < -0.39 is 0 Å². The maximum absolute atomic E-state index is 4.69. The minimum absolute atomic E-state index is 0.833. The number of hydrogen-bond donors (Lipinski definition) is 1. The van der Waals surface area contributed by atoms with Crippen LogP contribution in [-0.4, -0.2) is 55.6 Å². The topological polar surface area (TPSA) is 31.4 Å². The van der Waals surface area contributed by atoms with E-state index in [1.165, 1.54) is 12.1 Å². The maximum atomic E-state index is 4.69. The van der Waals surface area contributed by atoms with Gasteiger partial charge < -0.3 is 10.2 Å². The van der Waals surface area contributed by atoms with Gasteiger partial charge in [0.15, 0.2) is 0 Å². The molecule has 0 radical (unpaired) electrons. The summed E-state index contributed by atoms with van der Waals surface area (Å²) >= 11 is 0. The predicted molar refractivity (Wildman–Crippen MR) is 81.1 cm³/mol. The van der Waals surface area contributed by atoms with Crippen molar-refractivity contribution in [3.05, 3.63) is 29.6 Å². The molecule has 0 saturated carbocycles. The number of nitrogens with zero attached hydrogens (tertiary/aromatic N) is 3. The number of rotatable bonds is 9. The highest BCUT2D eigenvalue weighted by molar-refractivity contribution is 5.11. The van der Waals surface area contributed by atoms with Crippen LogP contribution >= 0.6 is 0 Å². The first-order chi connectivity index (χ1) is 9.15. The molecule has 0 unspecified atom stereocenters. The summed E-state index contributed by atoms with van der Waals surface area (Å²) in [5, 5.41) is 3.15. The van der Waals surface area contributed by atoms with Crippen LogP contribution in [0.3, 0.4) is 0 Å². The standard InChI is InChI=1S/C15H28N4/c1-5-9-19(11-10-18(3)4)13-15-8-6-7-14(17-15)12-16-2/h6-8,16H,5,9-13H2,1-4H3. The van der Waals surface area contributed by atoms with Gasteiger partial charge in [0.1, 0.15) is 0 Å². The van der Waals surface area contributed by atoms with Gasteiger partial charge in [0.2, 0.25) is 0 Å². The second kappa shape index (κ2) is 9.02. The molecule has 1 heterocycles. The molecule has 0 amide bonds. The highest BCUT2D eigenvalue weighted by atomic mass is 15.2. The van der Waals surface area contributed by atoms with E-state index in [1.807, 2.05) is 7.05 Å². The molecule has 4 heteroatoms. The van der Waals surface area contributed by atoms with E-state index in [-0.39, 0.29) is 0 Å². The fraction of sp³-hybridized carbons (Fsp3) is 0.667. The Hall–Kier alpha value is -0.970. The van der Waals surface area contributed by atoms with Crippen molar-refractivity contribution in [2.24, 2.45) is 0 Å². The molecule has 0 bridgehead atoms. The lowest BCUT2D eigenvalue weighted by atomic mass is 10.2. The van der Waals surface area contributed by atoms with Gasteiger partial charge in [-0.2, -0.15) is 0 Å². The third kappa shape index (κ3) is 6.66. The molecule has 108 valence electrons. The molecule has 0 aliphatic carbocycles. The molecular weight excluding hydrogens is 236 g/mol. The Morgan fingerprint density at radius 2 is 1.84 bits per heavy atom. The predicted octanol–water partition coefficient (Wildman–Crippen LogP) is 1.57. The average molecular weight is 264 g/mol. The maximum Gasteiger partial charge on any atom is 0.0547 e. The van der Waals surface area contributed by atoms with Crippen LogP contribution in [-0.2, 0) is 13.1 Å². The van der Waals surface area contributed by atoms with E-state index in [1.54, 1.807) is 0 Å². The highest BCUT2D eigenvalue weighted by Gasteiger charge is 2.07. The summed E-state index contributed by atoms with van der Waals surface area (Å²) in [6.45, 7) is 7.33. The Bertz CT molecular complexity index is 352. The molecule has 0 spiro atoms. The van der Waals surface area contributed by atoms with E-state index >= 15 is 0 Å². The molecule has 0 aliphatic rings. The molecule has 1 N–H and O–H groups in total. The Morgan fingerprint density at radius 3 is 2.47 bits per heavy atom. The van der Waals surface area contributed by atoms with Gasteiger partial charge in [-0.05, 0) is 46.2 Å². The summed E-state index contributed by atoms with van der Waals surface area (Å²) in [5.41, 5.74) is 2.28. The smallest absolute Gasteiger partial charge is 0.0547 e. The number of nitrogens with one attached hydrogen (secondary N) is 1. The van der Waals surface area contributed by atoms with Gasteiger partial charge in [-0.15, -0.1) is 0 Å². The Morgan fingerprint density at radius 1 is 1.11 bits per heavy atom. The van der Waals surface area contributed by atoms with Crippen molar-refractivity contribution in [3.63, 3.8) is 0 Å². The summed E-state index contributed by atoms with van der Waals surface area (Å²) < 4.78 is 0. The zero-order valence-corrected chi connectivity index (χ0v) is 12.8. The van der Waals surface area contributed by atoms with Crippen molar-refractivity contribution in [3.8, 4) is 0 Å². The zero-order chi connectivity index (χ0) is 14.1. The van der Waals surface area contributed by atoms with Crippen LogP contribution in [0.1, 0.15) is 24.7 Å². The van der Waals surface area contributed by atoms with E-state index in [2.05, 4.69) is 54.3 Å². The summed E-state index contributed by atoms with van der Waals surface area (Å²) in [6, 6.07) is 6.30. The summed E-state index contributed by atoms with van der Waals surface area (Å²) in [6.07, 6.45) is 1.18. The Labute approximate surface area is 117 Å². The van der Waals surface area contributed by atoms with Gasteiger partial charge in [-0.3, -0.25) is 9.88 Å². The van der Waals surface area contributed by atoms with Crippen molar-refractivity contribution < 1.29 is 0 Å². The fourth-order valence-electron chi connectivity index (χ4n) is 2.05. The largest absolute Gasteiger partial charge is 0.314 e. The second-order valence-electron chi connectivity index (χ2n) is 5.23. The van der Waals surface area contributed by atoms with Gasteiger partial charge in [-0.25, -0.2) is 0 Å². The van der Waals surface area contributed by atoms with Crippen LogP contribution in [0.4, 0.5) is 0 Å². The number of hydrogen-bond acceptors (Lipinski definition) is 4. The molecular formula is C15H28N4. The lowest BCUT2D eigenvalue weighted by molar-refractivity contribution is 0.231. The first-order valence-electron chi connectivity index (χ1n) is 7.12. The van der Waals surface area contributed by atoms with Crippen molar-refractivity contribution in [1.82, 2.24) is 20.1 Å². The summed E-state index contributed by atoms with van der Waals surface area (Å²) in [4.78, 5) is 9.40.